The average molecular weight is 898 g/mol. The molecule has 6 amide bonds. The number of imidazole rings is 1. The molecular formula is C44H57N12O9. The van der Waals surface area contributed by atoms with Gasteiger partial charge in [-0.05, 0) is 36.5 Å². The molecule has 21 heteroatoms. The van der Waals surface area contributed by atoms with Gasteiger partial charge in [0.1, 0.15) is 30.2 Å². The van der Waals surface area contributed by atoms with Gasteiger partial charge in [0.2, 0.25) is 41.7 Å². The molecule has 2 aromatic carbocycles. The summed E-state index contributed by atoms with van der Waals surface area (Å²) in [6.07, 6.45) is 7.00. The molecule has 0 spiro atoms. The highest BCUT2D eigenvalue weighted by Gasteiger charge is 2.34. The second kappa shape index (κ2) is 25.5. The molecule has 65 heavy (non-hydrogen) atoms. The number of aromatic amines is 2. The summed E-state index contributed by atoms with van der Waals surface area (Å²) in [6.45, 7) is 3.27. The van der Waals surface area contributed by atoms with Crippen LogP contribution >= 0.6 is 0 Å². The van der Waals surface area contributed by atoms with E-state index < -0.39 is 84.1 Å². The average Bonchev–Trinajstić information content (AvgIpc) is 3.95. The Hall–Kier alpha value is -7.58. The van der Waals surface area contributed by atoms with E-state index in [0.29, 0.717) is 24.1 Å². The molecule has 0 aliphatic heterocycles. The van der Waals surface area contributed by atoms with Crippen LogP contribution < -0.4 is 43.0 Å². The van der Waals surface area contributed by atoms with Gasteiger partial charge in [0.15, 0.2) is 5.96 Å². The maximum Gasteiger partial charge on any atom is 0.305 e. The Bertz CT molecular complexity index is 2250. The van der Waals surface area contributed by atoms with Gasteiger partial charge < -0.3 is 58.0 Å². The van der Waals surface area contributed by atoms with Crippen LogP contribution in [0.5, 0.6) is 0 Å². The number of H-pyrrole nitrogens is 2. The van der Waals surface area contributed by atoms with Crippen LogP contribution in [0.3, 0.4) is 0 Å². The van der Waals surface area contributed by atoms with Crippen LogP contribution in [0.1, 0.15) is 69.2 Å². The summed E-state index contributed by atoms with van der Waals surface area (Å²) < 4.78 is 0. The van der Waals surface area contributed by atoms with E-state index in [-0.39, 0.29) is 51.0 Å². The van der Waals surface area contributed by atoms with Gasteiger partial charge in [-0.15, -0.1) is 0 Å². The molecule has 0 aliphatic carbocycles. The highest BCUT2D eigenvalue weighted by molar-refractivity contribution is 5.98. The lowest BCUT2D eigenvalue weighted by Crippen LogP contribution is -2.60. The molecule has 6 atom stereocenters. The summed E-state index contributed by atoms with van der Waals surface area (Å²) in [6, 6.07) is 8.11. The summed E-state index contributed by atoms with van der Waals surface area (Å²) in [7, 11) is 0. The van der Waals surface area contributed by atoms with Gasteiger partial charge in [-0.2, -0.15) is 0 Å². The zero-order chi connectivity index (χ0) is 47.3. The number of nitrogens with two attached hydrogens (primary N) is 1. The van der Waals surface area contributed by atoms with Gasteiger partial charge in [0.25, 0.3) is 0 Å². The number of amides is 6. The van der Waals surface area contributed by atoms with E-state index in [1.165, 1.54) is 19.4 Å². The first kappa shape index (κ1) is 50.1. The molecule has 0 saturated carbocycles. The third-order valence-electron chi connectivity index (χ3n) is 10.2. The van der Waals surface area contributed by atoms with Gasteiger partial charge in [-0.3, -0.25) is 43.8 Å². The topological polar surface area (TPSA) is 335 Å². The number of fused-ring (bicyclic) bond motifs is 1. The van der Waals surface area contributed by atoms with Crippen LogP contribution in [-0.2, 0) is 57.6 Å². The van der Waals surface area contributed by atoms with Gasteiger partial charge in [-0.1, -0.05) is 68.3 Å². The molecule has 1 radical (unpaired) electrons. The summed E-state index contributed by atoms with van der Waals surface area (Å²) in [5.41, 5.74) is 7.95. The molecule has 0 aliphatic rings. The number of rotatable bonds is 27. The van der Waals surface area contributed by atoms with Crippen LogP contribution in [0.4, 0.5) is 0 Å². The van der Waals surface area contributed by atoms with E-state index in [2.05, 4.69) is 52.2 Å². The number of benzene rings is 2. The molecule has 2 heterocycles. The van der Waals surface area contributed by atoms with Crippen molar-refractivity contribution in [3.8, 4) is 0 Å². The zero-order valence-corrected chi connectivity index (χ0v) is 36.2. The van der Waals surface area contributed by atoms with Crippen molar-refractivity contribution in [2.45, 2.75) is 108 Å². The Morgan fingerprint density at radius 3 is 1.95 bits per heavy atom. The third kappa shape index (κ3) is 16.6. The van der Waals surface area contributed by atoms with Crippen LogP contribution in [0.2, 0.25) is 0 Å². The summed E-state index contributed by atoms with van der Waals surface area (Å²) >= 11 is 0. The molecule has 0 saturated heterocycles. The number of guanidine groups is 1. The molecule has 0 unspecified atom stereocenters. The van der Waals surface area contributed by atoms with Crippen molar-refractivity contribution in [2.24, 2.45) is 5.73 Å². The van der Waals surface area contributed by atoms with E-state index in [9.17, 15) is 43.5 Å². The monoisotopic (exact) mass is 897 g/mol. The molecule has 13 N–H and O–H groups in total. The number of carboxylic acids is 1. The summed E-state index contributed by atoms with van der Waals surface area (Å²) in [5.74, 6) is -6.49. The fourth-order valence-electron chi connectivity index (χ4n) is 6.99. The number of carbonyl (C=O) groups is 7. The summed E-state index contributed by atoms with van der Waals surface area (Å²) in [4.78, 5) is 116. The van der Waals surface area contributed by atoms with Crippen molar-refractivity contribution in [1.29, 1.82) is 5.41 Å². The van der Waals surface area contributed by atoms with E-state index in [1.807, 2.05) is 37.5 Å². The van der Waals surface area contributed by atoms with Crippen molar-refractivity contribution >= 4 is 64.6 Å². The minimum Gasteiger partial charge on any atom is -0.481 e. The van der Waals surface area contributed by atoms with E-state index >= 15 is 0 Å². The van der Waals surface area contributed by atoms with Gasteiger partial charge >= 0.3 is 5.97 Å². The molecule has 347 valence electrons. The normalized spacial score (nSPS) is 13.7. The quantitative estimate of drug-likeness (QED) is 0.0212. The van der Waals surface area contributed by atoms with Crippen LogP contribution in [-0.4, -0.2) is 117 Å². The largest absolute Gasteiger partial charge is 0.481 e. The molecular weight excluding hydrogens is 841 g/mol. The predicted molar refractivity (Wildman–Crippen MR) is 238 cm³/mol. The predicted octanol–water partition coefficient (Wildman–Crippen LogP) is -0.115. The lowest BCUT2D eigenvalue weighted by Gasteiger charge is -2.27. The number of carbonyl (C=O) groups excluding carboxylic acids is 7. The third-order valence-corrected chi connectivity index (χ3v) is 10.2. The second-order valence-corrected chi connectivity index (χ2v) is 15.4. The van der Waals surface area contributed by atoms with Crippen molar-refractivity contribution in [2.75, 3.05) is 6.54 Å². The Labute approximate surface area is 375 Å². The number of para-hydroxylation sites is 1. The molecule has 21 nitrogen and oxygen atoms in total. The number of nitrogens with one attached hydrogen (secondary N) is 10. The van der Waals surface area contributed by atoms with Crippen molar-refractivity contribution < 1.29 is 43.5 Å². The highest BCUT2D eigenvalue weighted by Crippen LogP contribution is 2.19. The number of aliphatic carboxylic acids is 1. The molecule has 4 aromatic rings. The van der Waals surface area contributed by atoms with E-state index in [4.69, 9.17) is 11.1 Å². The minimum absolute atomic E-state index is 0.0122. The lowest BCUT2D eigenvalue weighted by molar-refractivity contribution is -0.141. The standard InChI is InChI=1S/C44H57N12O9/c1-3-4-14-33(51-26(2)58)40(62)56-37(21-38(59)60)43(65)55-36(20-29-23-47-25-50-29)42(64)54-35(18-27-11-6-5-7-12-27)41(63)53-34(16-10-17-48-44(45)46)39(61)52-30(24-57)19-28-22-49-32-15-9-8-13-31(28)32/h5-9,11-13,15,22-23,25,30,33-37,49H,3-4,10,14,16-21H2,1-2H3,(H,47,50)(H,51,58)(H,52,61)(H,53,63)(H,54,64)(H,55,65)(H,56,62)(H,59,60)(H4,45,46,48)/t30-,33-,34-,35+,36-,37-/m0/s1. The first-order valence-electron chi connectivity index (χ1n) is 21.2. The number of hydrogen-bond acceptors (Lipinski definition) is 10. The van der Waals surface area contributed by atoms with Crippen LogP contribution in [0, 0.1) is 5.41 Å². The van der Waals surface area contributed by atoms with E-state index in [0.717, 1.165) is 16.5 Å². The van der Waals surface area contributed by atoms with Gasteiger partial charge in [0, 0.05) is 56.0 Å². The molecule has 4 rings (SSSR count). The Kier molecular flexibility index (Phi) is 19.6. The smallest absolute Gasteiger partial charge is 0.305 e. The lowest BCUT2D eigenvalue weighted by atomic mass is 10.0. The number of hydrogen-bond donors (Lipinski definition) is 12. The zero-order valence-electron chi connectivity index (χ0n) is 36.2. The van der Waals surface area contributed by atoms with Crippen LogP contribution in [0.25, 0.3) is 10.9 Å². The first-order valence-corrected chi connectivity index (χ1v) is 21.2. The minimum atomic E-state index is -1.68. The van der Waals surface area contributed by atoms with Crippen molar-refractivity contribution in [1.82, 2.24) is 52.2 Å². The summed E-state index contributed by atoms with van der Waals surface area (Å²) in [5, 5.41) is 36.2. The Morgan fingerprint density at radius 2 is 1.32 bits per heavy atom. The number of carboxylic acid groups (broad SMARTS) is 1. The first-order chi connectivity index (χ1) is 31.2. The maximum atomic E-state index is 14.3. The Balaban J connectivity index is 1.59. The van der Waals surface area contributed by atoms with Crippen molar-refractivity contribution in [3.05, 3.63) is 90.1 Å². The fourth-order valence-corrected chi connectivity index (χ4v) is 6.99. The number of aromatic nitrogens is 3. The number of unbranched alkanes of at least 4 members (excludes halogenated alkanes) is 1. The second-order valence-electron chi connectivity index (χ2n) is 15.4. The van der Waals surface area contributed by atoms with Crippen molar-refractivity contribution in [3.63, 3.8) is 0 Å². The molecule has 2 aromatic heterocycles. The van der Waals surface area contributed by atoms with Gasteiger partial charge in [0.05, 0.1) is 24.5 Å². The SMILES string of the molecule is CCCC[C@H](NC(C)=O)C(=O)N[C@@H](CC(=O)O)C(=O)N[C@@H](Cc1c[nH]cn1)C(=O)N[C@H](Cc1ccccc1)C(=O)N[C@@H](CCCNC(=N)N)C(=O)N[C@H]([C]=O)Cc1c[nH]c2ccccc12. The van der Waals surface area contributed by atoms with E-state index in [1.54, 1.807) is 36.5 Å². The number of nitrogens with zero attached hydrogens (tertiary/aromatic N) is 1. The van der Waals surface area contributed by atoms with Gasteiger partial charge in [-0.25, -0.2) is 4.98 Å². The van der Waals surface area contributed by atoms with Crippen LogP contribution in [0.15, 0.2) is 73.3 Å². The Morgan fingerprint density at radius 1 is 0.738 bits per heavy atom. The maximum absolute atomic E-state index is 14.3. The molecule has 0 bridgehead atoms. The molecule has 0 fully saturated rings. The fraction of sp³-hybridized carbons (Fsp3) is 0.409. The highest BCUT2D eigenvalue weighted by atomic mass is 16.4.